The fourth-order valence-electron chi connectivity index (χ4n) is 0. The molecule has 0 rings (SSSR count). The zero-order valence-corrected chi connectivity index (χ0v) is 7.05. The Balaban J connectivity index is -0.0000000787. The lowest BCUT2D eigenvalue weighted by Gasteiger charge is -1.61. The van der Waals surface area contributed by atoms with Crippen LogP contribution in [0.5, 0.6) is 0 Å². The Hall–Kier alpha value is 0.260. The lowest BCUT2D eigenvalue weighted by molar-refractivity contribution is 0.399. The monoisotopic (exact) mass is 196 g/mol. The Morgan fingerprint density at radius 3 is 0.800 bits per heavy atom. The van der Waals surface area contributed by atoms with Crippen molar-refractivity contribution in [2.24, 2.45) is 0 Å². The molecular weight excluding hydrogens is 186 g/mol. The summed E-state index contributed by atoms with van der Waals surface area (Å²) in [5.41, 5.74) is 0. The van der Waals surface area contributed by atoms with E-state index in [1.165, 1.54) is 0 Å². The summed E-state index contributed by atoms with van der Waals surface area (Å²) >= 11 is 0. The molecule has 0 aliphatic carbocycles. The van der Waals surface area contributed by atoms with Gasteiger partial charge in [0.25, 0.3) is 0 Å². The van der Waals surface area contributed by atoms with Crippen molar-refractivity contribution in [1.29, 1.82) is 0 Å². The summed E-state index contributed by atoms with van der Waals surface area (Å²) in [5.74, 6) is 0. The fraction of sp³-hybridized carbons (Fsp3) is 1.00. The summed E-state index contributed by atoms with van der Waals surface area (Å²) in [6.45, 7) is 0. The zero-order chi connectivity index (χ0) is 9.15. The maximum absolute atomic E-state index is 8.74. The highest BCUT2D eigenvalue weighted by atomic mass is 31.1. The second-order valence-corrected chi connectivity index (χ2v) is 1.70. The molecule has 0 unspecified atom stereocenters. The molecule has 0 spiro atoms. The highest BCUT2D eigenvalue weighted by molar-refractivity contribution is 7.31. The van der Waals surface area contributed by atoms with Crippen LogP contribution < -0.4 is 0 Å². The Morgan fingerprint density at radius 2 is 0.800 bits per heavy atom. The van der Waals surface area contributed by atoms with Gasteiger partial charge in [-0.1, -0.05) is 0 Å². The van der Waals surface area contributed by atoms with Crippen LogP contribution >= 0.6 is 16.5 Å². The van der Waals surface area contributed by atoms with Gasteiger partial charge in [0.2, 0.25) is 0 Å². The molecule has 5 N–H and O–H groups in total. The molecule has 0 saturated heterocycles. The summed E-state index contributed by atoms with van der Waals surface area (Å²) in [5, 5.41) is 7.00. The normalized spacial score (nSPS) is 7.60. The molecule has 66 valence electrons. The van der Waals surface area contributed by atoms with Gasteiger partial charge >= 0.3 is 16.5 Å². The van der Waals surface area contributed by atoms with Gasteiger partial charge in [-0.15, -0.1) is 0 Å². The van der Waals surface area contributed by atoms with Crippen molar-refractivity contribution in [2.75, 3.05) is 7.11 Å². The highest BCUT2D eigenvalue weighted by Gasteiger charge is 1.62. The third-order valence-corrected chi connectivity index (χ3v) is 0. The van der Waals surface area contributed by atoms with E-state index < -0.39 is 16.5 Å². The van der Waals surface area contributed by atoms with Crippen LogP contribution in [0.3, 0.4) is 0 Å². The third kappa shape index (κ3) is 6440. The maximum atomic E-state index is 8.74. The molecule has 0 radical (unpaired) electrons. The summed E-state index contributed by atoms with van der Waals surface area (Å²) < 4.78 is 17.5. The van der Waals surface area contributed by atoms with Crippen molar-refractivity contribution < 1.29 is 33.8 Å². The van der Waals surface area contributed by atoms with E-state index in [2.05, 4.69) is 0 Å². The molecule has 0 aromatic heterocycles. The van der Waals surface area contributed by atoms with Crippen LogP contribution in [0.25, 0.3) is 0 Å². The second kappa shape index (κ2) is 16.1. The average molecular weight is 196 g/mol. The van der Waals surface area contributed by atoms with Crippen molar-refractivity contribution in [3.05, 3.63) is 0 Å². The minimum absolute atomic E-state index is 1.00. The van der Waals surface area contributed by atoms with Crippen molar-refractivity contribution in [2.45, 2.75) is 0 Å². The van der Waals surface area contributed by atoms with Gasteiger partial charge in [-0.2, -0.15) is 0 Å². The number of hydrogen-bond acceptors (Lipinski definition) is 3. The van der Waals surface area contributed by atoms with Crippen molar-refractivity contribution in [3.63, 3.8) is 0 Å². The lowest BCUT2D eigenvalue weighted by atomic mass is 11.8. The van der Waals surface area contributed by atoms with Gasteiger partial charge < -0.3 is 24.7 Å². The zero-order valence-electron chi connectivity index (χ0n) is 5.05. The number of aliphatic hydroxyl groups excluding tert-OH is 1. The van der Waals surface area contributed by atoms with Crippen molar-refractivity contribution in [1.82, 2.24) is 0 Å². The topological polar surface area (TPSA) is 135 Å². The maximum Gasteiger partial charge on any atom is 0.314 e. The van der Waals surface area contributed by atoms with E-state index in [1.807, 2.05) is 0 Å². The Labute approximate surface area is 58.5 Å². The van der Waals surface area contributed by atoms with E-state index in [0.29, 0.717) is 0 Å². The van der Waals surface area contributed by atoms with Crippen LogP contribution in [0.2, 0.25) is 0 Å². The summed E-state index contributed by atoms with van der Waals surface area (Å²) in [7, 11) is -5.26. The summed E-state index contributed by atoms with van der Waals surface area (Å²) in [4.78, 5) is 28.6. The molecule has 0 aromatic carbocycles. The van der Waals surface area contributed by atoms with Crippen LogP contribution in [-0.4, -0.2) is 31.8 Å². The second-order valence-electron chi connectivity index (χ2n) is 0.565. The first-order chi connectivity index (χ1) is 4.46. The van der Waals surface area contributed by atoms with Crippen molar-refractivity contribution >= 4 is 16.5 Å². The molecule has 0 saturated carbocycles. The fourth-order valence-corrected chi connectivity index (χ4v) is 0. The summed E-state index contributed by atoms with van der Waals surface area (Å²) in [6, 6.07) is 0. The van der Waals surface area contributed by atoms with E-state index in [0.717, 1.165) is 7.11 Å². The molecule has 0 aliphatic rings. The van der Waals surface area contributed by atoms with E-state index in [-0.39, 0.29) is 0 Å². The molecular formula is CH10O7P2. The molecule has 0 aliphatic heterocycles. The Kier molecular flexibility index (Phi) is 26.9. The molecule has 9 heteroatoms. The van der Waals surface area contributed by atoms with Gasteiger partial charge in [-0.3, -0.25) is 9.13 Å². The van der Waals surface area contributed by atoms with E-state index in [4.69, 9.17) is 33.8 Å². The first-order valence-corrected chi connectivity index (χ1v) is 4.36. The van der Waals surface area contributed by atoms with Crippen LogP contribution in [0, 0.1) is 0 Å². The molecule has 0 heterocycles. The minimum Gasteiger partial charge on any atom is -0.400 e. The van der Waals surface area contributed by atoms with Gasteiger partial charge in [0, 0.05) is 7.11 Å². The molecule has 0 amide bonds. The van der Waals surface area contributed by atoms with E-state index >= 15 is 0 Å². The number of hydrogen-bond donors (Lipinski definition) is 5. The Bertz CT molecular complexity index is 69.6. The largest absolute Gasteiger partial charge is 0.400 e. The average Bonchev–Trinajstić information content (AvgIpc) is 1.66. The standard InChI is InChI=1S/CH4O.2H3O3P/c1-2;2*1-4(2)3/h2H,1H3;2*4H,(H2,1,2,3). The smallest absolute Gasteiger partial charge is 0.314 e. The minimum atomic E-state index is -3.13. The van der Waals surface area contributed by atoms with Gasteiger partial charge in [-0.05, 0) is 0 Å². The number of rotatable bonds is 0. The van der Waals surface area contributed by atoms with Gasteiger partial charge in [0.1, 0.15) is 0 Å². The molecule has 0 bridgehead atoms. The van der Waals surface area contributed by atoms with Gasteiger partial charge in [0.15, 0.2) is 0 Å². The molecule has 10 heavy (non-hydrogen) atoms. The first-order valence-electron chi connectivity index (χ1n) is 1.75. The van der Waals surface area contributed by atoms with Crippen LogP contribution in [-0.2, 0) is 9.13 Å². The Morgan fingerprint density at radius 1 is 0.800 bits per heavy atom. The highest BCUT2D eigenvalue weighted by Crippen LogP contribution is 1.98. The van der Waals surface area contributed by atoms with Gasteiger partial charge in [-0.25, -0.2) is 0 Å². The van der Waals surface area contributed by atoms with Crippen molar-refractivity contribution in [3.8, 4) is 0 Å². The third-order valence-electron chi connectivity index (χ3n) is 0. The molecule has 7 nitrogen and oxygen atoms in total. The predicted octanol–water partition coefficient (Wildman–Crippen LogP) is -1.67. The van der Waals surface area contributed by atoms with E-state index in [9.17, 15) is 0 Å². The van der Waals surface area contributed by atoms with E-state index in [1.54, 1.807) is 0 Å². The molecule has 0 aromatic rings. The SMILES string of the molecule is CO.O=[PH](O)O.O=[PH](O)O. The van der Waals surface area contributed by atoms with Crippen LogP contribution in [0.15, 0.2) is 0 Å². The van der Waals surface area contributed by atoms with Crippen LogP contribution in [0.1, 0.15) is 0 Å². The quantitative estimate of drug-likeness (QED) is 0.292. The molecule has 0 fully saturated rings. The predicted molar refractivity (Wildman–Crippen MR) is 35.0 cm³/mol. The summed E-state index contributed by atoms with van der Waals surface area (Å²) in [6.07, 6.45) is 0. The lowest BCUT2D eigenvalue weighted by Crippen LogP contribution is -1.38. The first kappa shape index (κ1) is 16.7. The van der Waals surface area contributed by atoms with Gasteiger partial charge in [0.05, 0.1) is 0 Å². The molecule has 0 atom stereocenters. The number of aliphatic hydroxyl groups is 1. The van der Waals surface area contributed by atoms with Crippen LogP contribution in [0.4, 0.5) is 0 Å².